The molecule has 5 heterocycles. The molecule has 0 bridgehead atoms. The van der Waals surface area contributed by atoms with Gasteiger partial charge >= 0.3 is 0 Å². The van der Waals surface area contributed by atoms with E-state index in [2.05, 4.69) is 57.1 Å². The lowest BCUT2D eigenvalue weighted by atomic mass is 9.88. The van der Waals surface area contributed by atoms with Crippen LogP contribution in [0.3, 0.4) is 0 Å². The molecule has 1 saturated heterocycles. The second kappa shape index (κ2) is 7.34. The van der Waals surface area contributed by atoms with Gasteiger partial charge in [0.25, 0.3) is 0 Å². The van der Waals surface area contributed by atoms with Gasteiger partial charge in [0.1, 0.15) is 5.54 Å². The van der Waals surface area contributed by atoms with Gasteiger partial charge in [-0.1, -0.05) is 13.3 Å². The van der Waals surface area contributed by atoms with Crippen molar-refractivity contribution in [1.82, 2.24) is 14.5 Å². The number of aromatic nitrogens is 2. The summed E-state index contributed by atoms with van der Waals surface area (Å²) in [6.45, 7) is 4.74. The largest absolute Gasteiger partial charge is 0.355 e. The standard InChI is InChI=1S/C23H26N4OS/c1-2-3-12-27-19-6-4-10-24-22(19)26-11-5-7-20(26)23(27)9-13-25(17-23)21(28)15-18-8-14-29-16-18/h4-8,10-11,14,16H,2-3,9,12-13,15,17H2,1H3. The number of hydrogen-bond acceptors (Lipinski definition) is 4. The van der Waals surface area contributed by atoms with E-state index in [1.165, 1.54) is 11.4 Å². The third kappa shape index (κ3) is 2.97. The summed E-state index contributed by atoms with van der Waals surface area (Å²) in [5.41, 5.74) is 3.37. The molecule has 0 saturated carbocycles. The van der Waals surface area contributed by atoms with Crippen molar-refractivity contribution in [3.05, 3.63) is 64.7 Å². The quantitative estimate of drug-likeness (QED) is 0.637. The highest BCUT2D eigenvalue weighted by molar-refractivity contribution is 7.08. The zero-order valence-corrected chi connectivity index (χ0v) is 17.6. The van der Waals surface area contributed by atoms with Crippen LogP contribution in [0.2, 0.25) is 0 Å². The van der Waals surface area contributed by atoms with E-state index in [4.69, 9.17) is 4.98 Å². The van der Waals surface area contributed by atoms with Gasteiger partial charge in [-0.15, -0.1) is 0 Å². The Labute approximate surface area is 175 Å². The molecule has 2 aliphatic rings. The SMILES string of the molecule is CCCCN1c2cccnc2-n2cccc2C12CCN(C(=O)Cc1ccsc1)C2. The van der Waals surface area contributed by atoms with Crippen molar-refractivity contribution in [2.24, 2.45) is 0 Å². The van der Waals surface area contributed by atoms with E-state index < -0.39 is 0 Å². The van der Waals surface area contributed by atoms with Gasteiger partial charge in [-0.2, -0.15) is 11.3 Å². The molecular weight excluding hydrogens is 380 g/mol. The molecule has 1 atom stereocenters. The van der Waals surface area contributed by atoms with Crippen LogP contribution in [0.25, 0.3) is 5.82 Å². The van der Waals surface area contributed by atoms with Crippen molar-refractivity contribution in [2.75, 3.05) is 24.5 Å². The maximum atomic E-state index is 13.0. The van der Waals surface area contributed by atoms with Gasteiger partial charge in [-0.05, 0) is 59.5 Å². The summed E-state index contributed by atoms with van der Waals surface area (Å²) in [4.78, 5) is 22.3. The van der Waals surface area contributed by atoms with Crippen molar-refractivity contribution in [1.29, 1.82) is 0 Å². The summed E-state index contributed by atoms with van der Waals surface area (Å²) in [6.07, 6.45) is 7.68. The average molecular weight is 407 g/mol. The first kappa shape index (κ1) is 18.4. The fraction of sp³-hybridized carbons (Fsp3) is 0.391. The van der Waals surface area contributed by atoms with Crippen molar-refractivity contribution >= 4 is 22.9 Å². The van der Waals surface area contributed by atoms with Gasteiger partial charge < -0.3 is 14.4 Å². The van der Waals surface area contributed by atoms with E-state index in [1.54, 1.807) is 11.3 Å². The molecule has 3 aromatic rings. The summed E-state index contributed by atoms with van der Waals surface area (Å²) in [5.74, 6) is 1.23. The van der Waals surface area contributed by atoms with Crippen LogP contribution in [0.5, 0.6) is 0 Å². The molecule has 5 nitrogen and oxygen atoms in total. The highest BCUT2D eigenvalue weighted by Crippen LogP contribution is 2.47. The second-order valence-corrected chi connectivity index (χ2v) is 8.80. The van der Waals surface area contributed by atoms with Gasteiger partial charge in [-0.3, -0.25) is 4.79 Å². The summed E-state index contributed by atoms with van der Waals surface area (Å²) in [7, 11) is 0. The predicted octanol–water partition coefficient (Wildman–Crippen LogP) is 4.22. The number of rotatable bonds is 5. The fourth-order valence-corrected chi connectivity index (χ4v) is 5.53. The Bertz CT molecular complexity index is 1010. The molecule has 0 aromatic carbocycles. The predicted molar refractivity (Wildman–Crippen MR) is 117 cm³/mol. The first-order chi connectivity index (χ1) is 14.2. The van der Waals surface area contributed by atoms with Crippen LogP contribution in [0.1, 0.15) is 37.4 Å². The van der Waals surface area contributed by atoms with Crippen LogP contribution in [0.15, 0.2) is 53.5 Å². The molecule has 29 heavy (non-hydrogen) atoms. The number of pyridine rings is 1. The van der Waals surface area contributed by atoms with Gasteiger partial charge in [0.15, 0.2) is 5.82 Å². The number of carbonyl (C=O) groups excluding carboxylic acids is 1. The van der Waals surface area contributed by atoms with E-state index in [1.807, 2.05) is 17.6 Å². The Morgan fingerprint density at radius 1 is 1.28 bits per heavy atom. The number of likely N-dealkylation sites (tertiary alicyclic amines) is 1. The number of amides is 1. The van der Waals surface area contributed by atoms with Gasteiger partial charge in [0.2, 0.25) is 5.91 Å². The fourth-order valence-electron chi connectivity index (χ4n) is 4.86. The second-order valence-electron chi connectivity index (χ2n) is 8.02. The number of unbranched alkanes of at least 4 members (excludes halogenated alkanes) is 1. The van der Waals surface area contributed by atoms with Gasteiger partial charge in [0.05, 0.1) is 17.8 Å². The Morgan fingerprint density at radius 2 is 2.21 bits per heavy atom. The average Bonchev–Trinajstić information content (AvgIpc) is 3.49. The highest BCUT2D eigenvalue weighted by Gasteiger charge is 2.50. The maximum Gasteiger partial charge on any atom is 0.227 e. The maximum absolute atomic E-state index is 13.0. The van der Waals surface area contributed by atoms with E-state index in [0.29, 0.717) is 6.42 Å². The molecule has 1 fully saturated rings. The van der Waals surface area contributed by atoms with Crippen LogP contribution in [0.4, 0.5) is 5.69 Å². The molecule has 0 aliphatic carbocycles. The van der Waals surface area contributed by atoms with Crippen molar-refractivity contribution < 1.29 is 4.79 Å². The minimum atomic E-state index is -0.182. The lowest BCUT2D eigenvalue weighted by Gasteiger charge is -2.47. The van der Waals surface area contributed by atoms with Gasteiger partial charge in [-0.25, -0.2) is 4.98 Å². The molecule has 1 unspecified atom stereocenters. The summed E-state index contributed by atoms with van der Waals surface area (Å²) < 4.78 is 2.23. The molecular formula is C23H26N4OS. The molecule has 2 aliphatic heterocycles. The lowest BCUT2D eigenvalue weighted by Crippen LogP contribution is -2.53. The van der Waals surface area contributed by atoms with Crippen LogP contribution < -0.4 is 4.90 Å². The van der Waals surface area contributed by atoms with Crippen LogP contribution in [-0.2, 0) is 16.8 Å². The Balaban J connectivity index is 1.51. The number of hydrogen-bond donors (Lipinski definition) is 0. The Morgan fingerprint density at radius 3 is 3.03 bits per heavy atom. The van der Waals surface area contributed by atoms with E-state index >= 15 is 0 Å². The topological polar surface area (TPSA) is 41.4 Å². The van der Waals surface area contributed by atoms with Crippen LogP contribution in [0, 0.1) is 0 Å². The number of thiophene rings is 1. The smallest absolute Gasteiger partial charge is 0.227 e. The monoisotopic (exact) mass is 406 g/mol. The molecule has 3 aromatic heterocycles. The first-order valence-electron chi connectivity index (χ1n) is 10.4. The van der Waals surface area contributed by atoms with E-state index in [0.717, 1.165) is 50.3 Å². The van der Waals surface area contributed by atoms with Crippen LogP contribution in [-0.4, -0.2) is 40.0 Å². The molecule has 0 radical (unpaired) electrons. The molecule has 1 amide bonds. The summed E-state index contributed by atoms with van der Waals surface area (Å²) in [6, 6.07) is 10.6. The van der Waals surface area contributed by atoms with Gasteiger partial charge in [0, 0.05) is 32.0 Å². The number of nitrogens with zero attached hydrogens (tertiary/aromatic N) is 4. The van der Waals surface area contributed by atoms with E-state index in [-0.39, 0.29) is 11.4 Å². The number of anilines is 1. The normalized spacial score (nSPS) is 20.2. The highest BCUT2D eigenvalue weighted by atomic mass is 32.1. The van der Waals surface area contributed by atoms with Crippen molar-refractivity contribution in [2.45, 2.75) is 38.1 Å². The zero-order valence-electron chi connectivity index (χ0n) is 16.8. The molecule has 0 N–H and O–H groups in total. The minimum Gasteiger partial charge on any atom is -0.355 e. The lowest BCUT2D eigenvalue weighted by molar-refractivity contribution is -0.129. The van der Waals surface area contributed by atoms with Crippen molar-refractivity contribution in [3.63, 3.8) is 0 Å². The molecule has 5 rings (SSSR count). The Hall–Kier alpha value is -2.60. The molecule has 6 heteroatoms. The number of fused-ring (bicyclic) bond motifs is 4. The summed E-state index contributed by atoms with van der Waals surface area (Å²) >= 11 is 1.65. The van der Waals surface area contributed by atoms with E-state index in [9.17, 15) is 4.79 Å². The molecule has 150 valence electrons. The summed E-state index contributed by atoms with van der Waals surface area (Å²) in [5, 5.41) is 4.11. The minimum absolute atomic E-state index is 0.182. The van der Waals surface area contributed by atoms with Crippen molar-refractivity contribution in [3.8, 4) is 5.82 Å². The number of carbonyl (C=O) groups is 1. The van der Waals surface area contributed by atoms with Crippen LogP contribution >= 0.6 is 11.3 Å². The third-order valence-electron chi connectivity index (χ3n) is 6.30. The zero-order chi connectivity index (χ0) is 19.8. The Kier molecular flexibility index (Phi) is 4.66. The molecule has 1 spiro atoms. The third-order valence-corrected chi connectivity index (χ3v) is 7.03. The first-order valence-corrected chi connectivity index (χ1v) is 11.4.